The molecule has 8 nitrogen and oxygen atoms in total. The first-order chi connectivity index (χ1) is 12.5. The second-order valence-electron chi connectivity index (χ2n) is 4.98. The van der Waals surface area contributed by atoms with Gasteiger partial charge < -0.3 is 14.8 Å². The van der Waals surface area contributed by atoms with Crippen LogP contribution in [0.25, 0.3) is 0 Å². The summed E-state index contributed by atoms with van der Waals surface area (Å²) in [5.41, 5.74) is 0.114. The number of amides is 1. The van der Waals surface area contributed by atoms with Crippen LogP contribution in [-0.2, 0) is 14.3 Å². The summed E-state index contributed by atoms with van der Waals surface area (Å²) in [6, 6.07) is 12.7. The van der Waals surface area contributed by atoms with E-state index in [0.717, 1.165) is 10.6 Å². The highest BCUT2D eigenvalue weighted by atomic mass is 32.2. The summed E-state index contributed by atoms with van der Waals surface area (Å²) >= 11 is 1.27. The predicted octanol–water partition coefficient (Wildman–Crippen LogP) is 2.88. The van der Waals surface area contributed by atoms with Gasteiger partial charge in [0.05, 0.1) is 17.8 Å². The van der Waals surface area contributed by atoms with Crippen LogP contribution in [0.5, 0.6) is 5.75 Å². The van der Waals surface area contributed by atoms with Gasteiger partial charge in [0.1, 0.15) is 5.75 Å². The maximum atomic E-state index is 11.8. The summed E-state index contributed by atoms with van der Waals surface area (Å²) in [6.07, 6.45) is 0. The number of rotatable bonds is 8. The molecule has 0 bridgehead atoms. The maximum Gasteiger partial charge on any atom is 0.316 e. The Morgan fingerprint density at radius 1 is 1.19 bits per heavy atom. The van der Waals surface area contributed by atoms with Crippen molar-refractivity contribution in [3.63, 3.8) is 0 Å². The lowest BCUT2D eigenvalue weighted by molar-refractivity contribution is -0.384. The molecule has 0 radical (unpaired) electrons. The average molecular weight is 376 g/mol. The number of hydrogen-bond acceptors (Lipinski definition) is 7. The van der Waals surface area contributed by atoms with Gasteiger partial charge in [-0.2, -0.15) is 0 Å². The predicted molar refractivity (Wildman–Crippen MR) is 96.4 cm³/mol. The summed E-state index contributed by atoms with van der Waals surface area (Å²) in [5, 5.41) is 13.1. The summed E-state index contributed by atoms with van der Waals surface area (Å²) in [5.74, 6) is -0.348. The SMILES string of the molecule is COc1ccc(SCC(=O)OCC(=O)Nc2cccc([N+](=O)[O-])c2)cc1. The zero-order valence-electron chi connectivity index (χ0n) is 13.8. The van der Waals surface area contributed by atoms with E-state index >= 15 is 0 Å². The Morgan fingerprint density at radius 2 is 1.92 bits per heavy atom. The fraction of sp³-hybridized carbons (Fsp3) is 0.176. The van der Waals surface area contributed by atoms with E-state index in [1.54, 1.807) is 19.2 Å². The lowest BCUT2D eigenvalue weighted by Crippen LogP contribution is -2.21. The molecule has 0 aromatic heterocycles. The molecule has 9 heteroatoms. The van der Waals surface area contributed by atoms with E-state index in [0.29, 0.717) is 0 Å². The van der Waals surface area contributed by atoms with Crippen molar-refractivity contribution in [1.82, 2.24) is 0 Å². The number of nitro groups is 1. The highest BCUT2D eigenvalue weighted by molar-refractivity contribution is 8.00. The Bertz CT molecular complexity index is 794. The monoisotopic (exact) mass is 376 g/mol. The molecule has 0 spiro atoms. The van der Waals surface area contributed by atoms with Crippen LogP contribution in [0.1, 0.15) is 0 Å². The molecular weight excluding hydrogens is 360 g/mol. The molecule has 0 aliphatic carbocycles. The molecule has 2 rings (SSSR count). The van der Waals surface area contributed by atoms with E-state index in [1.165, 1.54) is 36.0 Å². The number of nitrogens with one attached hydrogen (secondary N) is 1. The quantitative estimate of drug-likeness (QED) is 0.327. The van der Waals surface area contributed by atoms with Crippen molar-refractivity contribution in [2.45, 2.75) is 4.90 Å². The van der Waals surface area contributed by atoms with Crippen molar-refractivity contribution in [3.05, 3.63) is 58.6 Å². The number of anilines is 1. The summed E-state index contributed by atoms with van der Waals surface area (Å²) < 4.78 is 9.94. The van der Waals surface area contributed by atoms with Crippen LogP contribution in [0.4, 0.5) is 11.4 Å². The molecule has 0 atom stereocenters. The number of non-ortho nitro benzene ring substituents is 1. The van der Waals surface area contributed by atoms with Crippen LogP contribution < -0.4 is 10.1 Å². The first kappa shape index (κ1) is 19.3. The van der Waals surface area contributed by atoms with E-state index < -0.39 is 23.4 Å². The van der Waals surface area contributed by atoms with Gasteiger partial charge >= 0.3 is 5.97 Å². The number of ether oxygens (including phenoxy) is 2. The molecule has 0 saturated heterocycles. The Labute approximate surface area is 153 Å². The van der Waals surface area contributed by atoms with Gasteiger partial charge in [-0.25, -0.2) is 0 Å². The molecule has 1 amide bonds. The first-order valence-electron chi connectivity index (χ1n) is 7.44. The van der Waals surface area contributed by atoms with Gasteiger partial charge in [-0.3, -0.25) is 19.7 Å². The number of nitro benzene ring substituents is 1. The number of benzene rings is 2. The molecule has 0 fully saturated rings. The summed E-state index contributed by atoms with van der Waals surface area (Å²) in [6.45, 7) is -0.468. The number of carbonyl (C=O) groups is 2. The second kappa shape index (κ2) is 9.42. The number of methoxy groups -OCH3 is 1. The zero-order chi connectivity index (χ0) is 18.9. The lowest BCUT2D eigenvalue weighted by atomic mass is 10.3. The van der Waals surface area contributed by atoms with E-state index in [4.69, 9.17) is 9.47 Å². The fourth-order valence-corrected chi connectivity index (χ4v) is 2.59. The summed E-state index contributed by atoms with van der Waals surface area (Å²) in [4.78, 5) is 34.5. The van der Waals surface area contributed by atoms with E-state index in [-0.39, 0.29) is 17.1 Å². The van der Waals surface area contributed by atoms with E-state index in [9.17, 15) is 19.7 Å². The number of thioether (sulfide) groups is 1. The molecule has 0 aliphatic rings. The maximum absolute atomic E-state index is 11.8. The number of nitrogens with zero attached hydrogens (tertiary/aromatic N) is 1. The van der Waals surface area contributed by atoms with Crippen LogP contribution >= 0.6 is 11.8 Å². The second-order valence-corrected chi connectivity index (χ2v) is 6.03. The Kier molecular flexibility index (Phi) is 6.98. The molecule has 26 heavy (non-hydrogen) atoms. The fourth-order valence-electron chi connectivity index (χ4n) is 1.90. The highest BCUT2D eigenvalue weighted by Gasteiger charge is 2.11. The van der Waals surface area contributed by atoms with Gasteiger partial charge in [0, 0.05) is 22.7 Å². The molecule has 0 saturated carbocycles. The van der Waals surface area contributed by atoms with Crippen molar-refractivity contribution >= 4 is 35.0 Å². The third kappa shape index (κ3) is 6.10. The van der Waals surface area contributed by atoms with Gasteiger partial charge in [-0.1, -0.05) is 6.07 Å². The molecule has 0 heterocycles. The molecule has 2 aromatic carbocycles. The molecule has 1 N–H and O–H groups in total. The van der Waals surface area contributed by atoms with E-state index in [2.05, 4.69) is 5.32 Å². The van der Waals surface area contributed by atoms with Gasteiger partial charge in [0.25, 0.3) is 11.6 Å². The molecular formula is C17H16N2O6S. The third-order valence-corrected chi connectivity index (χ3v) is 4.11. The van der Waals surface area contributed by atoms with Gasteiger partial charge in [-0.15, -0.1) is 11.8 Å². The smallest absolute Gasteiger partial charge is 0.316 e. The van der Waals surface area contributed by atoms with Crippen LogP contribution in [0.15, 0.2) is 53.4 Å². The number of hydrogen-bond donors (Lipinski definition) is 1. The van der Waals surface area contributed by atoms with Crippen molar-refractivity contribution in [2.24, 2.45) is 0 Å². The van der Waals surface area contributed by atoms with Gasteiger partial charge in [-0.05, 0) is 30.3 Å². The zero-order valence-corrected chi connectivity index (χ0v) is 14.7. The van der Waals surface area contributed by atoms with Crippen LogP contribution in [0.2, 0.25) is 0 Å². The number of carbonyl (C=O) groups excluding carboxylic acids is 2. The largest absolute Gasteiger partial charge is 0.497 e. The average Bonchev–Trinajstić information content (AvgIpc) is 2.65. The highest BCUT2D eigenvalue weighted by Crippen LogP contribution is 2.21. The minimum Gasteiger partial charge on any atom is -0.497 e. The minimum absolute atomic E-state index is 0.0520. The van der Waals surface area contributed by atoms with Crippen LogP contribution in [0.3, 0.4) is 0 Å². The molecule has 0 unspecified atom stereocenters. The Morgan fingerprint density at radius 3 is 2.58 bits per heavy atom. The van der Waals surface area contributed by atoms with E-state index in [1.807, 2.05) is 12.1 Å². The Hall–Kier alpha value is -3.07. The lowest BCUT2D eigenvalue weighted by Gasteiger charge is -2.07. The molecule has 0 aliphatic heterocycles. The minimum atomic E-state index is -0.576. The normalized spacial score (nSPS) is 10.0. The van der Waals surface area contributed by atoms with Gasteiger partial charge in [0.15, 0.2) is 6.61 Å². The van der Waals surface area contributed by atoms with Crippen LogP contribution in [-0.4, -0.2) is 36.3 Å². The number of esters is 1. The third-order valence-electron chi connectivity index (χ3n) is 3.12. The summed E-state index contributed by atoms with van der Waals surface area (Å²) in [7, 11) is 1.57. The van der Waals surface area contributed by atoms with Crippen molar-refractivity contribution in [3.8, 4) is 5.75 Å². The van der Waals surface area contributed by atoms with Crippen molar-refractivity contribution in [1.29, 1.82) is 0 Å². The topological polar surface area (TPSA) is 108 Å². The van der Waals surface area contributed by atoms with Crippen molar-refractivity contribution < 1.29 is 24.0 Å². The molecule has 136 valence electrons. The van der Waals surface area contributed by atoms with Gasteiger partial charge in [0.2, 0.25) is 0 Å². The van der Waals surface area contributed by atoms with Crippen molar-refractivity contribution in [2.75, 3.05) is 24.8 Å². The Balaban J connectivity index is 1.75. The molecule has 2 aromatic rings. The standard InChI is InChI=1S/C17H16N2O6S/c1-24-14-5-7-15(8-6-14)26-11-17(21)25-10-16(20)18-12-3-2-4-13(9-12)19(22)23/h2-9H,10-11H2,1H3,(H,18,20). The first-order valence-corrected chi connectivity index (χ1v) is 8.43. The van der Waals surface area contributed by atoms with Crippen LogP contribution in [0, 0.1) is 10.1 Å².